The van der Waals surface area contributed by atoms with Gasteiger partial charge in [0.25, 0.3) is 5.91 Å². The van der Waals surface area contributed by atoms with E-state index in [9.17, 15) is 20.0 Å². The third-order valence-corrected chi connectivity index (χ3v) is 5.62. The molecule has 0 radical (unpaired) electrons. The molecule has 0 aromatic heterocycles. The van der Waals surface area contributed by atoms with Gasteiger partial charge in [0.2, 0.25) is 0 Å². The number of carboxylic acid groups (broad SMARTS) is 1. The molecule has 0 aliphatic carbocycles. The van der Waals surface area contributed by atoms with Gasteiger partial charge in [-0.15, -0.1) is 0 Å². The summed E-state index contributed by atoms with van der Waals surface area (Å²) in [6.45, 7) is 2.65. The number of hydrogen-bond acceptors (Lipinski definition) is 5. The van der Waals surface area contributed by atoms with Crippen molar-refractivity contribution in [1.82, 2.24) is 5.32 Å². The zero-order valence-electron chi connectivity index (χ0n) is 20.4. The molecule has 0 spiro atoms. The van der Waals surface area contributed by atoms with E-state index in [1.807, 2.05) is 36.4 Å². The summed E-state index contributed by atoms with van der Waals surface area (Å²) in [5, 5.41) is 21.7. The van der Waals surface area contributed by atoms with E-state index in [0.29, 0.717) is 30.0 Å². The molecule has 0 atom stereocenters. The highest BCUT2D eigenvalue weighted by atomic mass is 35.5. The maximum atomic E-state index is 12.6. The number of rotatable bonds is 12. The number of aryl methyl sites for hydroxylation is 1. The monoisotopic (exact) mass is 518 g/mol. The van der Waals surface area contributed by atoms with Crippen LogP contribution < -0.4 is 14.8 Å². The topological polar surface area (TPSA) is 109 Å². The third-order valence-electron chi connectivity index (χ3n) is 5.34. The van der Waals surface area contributed by atoms with Crippen LogP contribution in [0.3, 0.4) is 0 Å². The second-order valence-electron chi connectivity index (χ2n) is 8.07. The van der Waals surface area contributed by atoms with Crippen LogP contribution in [0.2, 0.25) is 5.02 Å². The number of nitrogens with one attached hydrogen (secondary N) is 1. The van der Waals surface area contributed by atoms with Crippen molar-refractivity contribution in [1.29, 1.82) is 5.26 Å². The largest absolute Gasteiger partial charge is 0.490 e. The van der Waals surface area contributed by atoms with Gasteiger partial charge in [0.05, 0.1) is 17.2 Å². The van der Waals surface area contributed by atoms with Crippen molar-refractivity contribution in [3.63, 3.8) is 0 Å². The number of carbonyl (C=O) groups excluding carboxylic acids is 1. The van der Waals surface area contributed by atoms with Gasteiger partial charge in [-0.25, -0.2) is 4.79 Å². The maximum Gasteiger partial charge on any atom is 0.335 e. The highest BCUT2D eigenvalue weighted by molar-refractivity contribution is 6.32. The van der Waals surface area contributed by atoms with Gasteiger partial charge in [-0.3, -0.25) is 4.79 Å². The van der Waals surface area contributed by atoms with Gasteiger partial charge < -0.3 is 19.9 Å². The van der Waals surface area contributed by atoms with Crippen LogP contribution in [-0.4, -0.2) is 30.1 Å². The summed E-state index contributed by atoms with van der Waals surface area (Å²) in [4.78, 5) is 23.8. The number of benzene rings is 3. The Morgan fingerprint density at radius 1 is 1.05 bits per heavy atom. The van der Waals surface area contributed by atoms with Gasteiger partial charge in [0, 0.05) is 6.54 Å². The van der Waals surface area contributed by atoms with Crippen LogP contribution >= 0.6 is 11.6 Å². The molecular formula is C29H27ClN2O5. The zero-order chi connectivity index (χ0) is 26.6. The second kappa shape index (κ2) is 13.7. The van der Waals surface area contributed by atoms with Crippen molar-refractivity contribution in [3.05, 3.63) is 99.6 Å². The second-order valence-corrected chi connectivity index (χ2v) is 8.48. The minimum Gasteiger partial charge on any atom is -0.490 e. The first-order chi connectivity index (χ1) is 17.9. The summed E-state index contributed by atoms with van der Waals surface area (Å²) < 4.78 is 11.6. The molecule has 3 rings (SSSR count). The van der Waals surface area contributed by atoms with Gasteiger partial charge in [-0.2, -0.15) is 5.26 Å². The lowest BCUT2D eigenvalue weighted by Gasteiger charge is -2.15. The summed E-state index contributed by atoms with van der Waals surface area (Å²) in [6.07, 6.45) is 3.01. The maximum absolute atomic E-state index is 12.6. The summed E-state index contributed by atoms with van der Waals surface area (Å²) >= 11 is 6.47. The number of nitriles is 1. The van der Waals surface area contributed by atoms with E-state index in [0.717, 1.165) is 12.8 Å². The number of halogens is 1. The van der Waals surface area contributed by atoms with Crippen LogP contribution in [0, 0.1) is 11.3 Å². The highest BCUT2D eigenvalue weighted by Gasteiger charge is 2.15. The Balaban J connectivity index is 1.70. The number of nitrogens with zero attached hydrogens (tertiary/aromatic N) is 1. The standard InChI is InChI=1S/C29H27ClN2O5/c1-2-36-26-17-22(15-24(18-31)28(33)32-13-7-11-20-8-4-3-5-9-20)16-25(30)27(26)37-19-21-10-6-12-23(14-21)29(34)35/h3-6,8-10,12,14-17H,2,7,11,13,19H2,1H3,(H,32,33)(H,34,35)/b24-15-. The van der Waals surface area contributed by atoms with E-state index in [-0.39, 0.29) is 28.5 Å². The predicted molar refractivity (Wildman–Crippen MR) is 142 cm³/mol. The predicted octanol–water partition coefficient (Wildman–Crippen LogP) is 5.67. The van der Waals surface area contributed by atoms with Crippen molar-refractivity contribution in [2.75, 3.05) is 13.2 Å². The molecule has 0 aliphatic heterocycles. The Bertz CT molecular complexity index is 1320. The molecular weight excluding hydrogens is 492 g/mol. The van der Waals surface area contributed by atoms with Crippen LogP contribution in [-0.2, 0) is 17.8 Å². The van der Waals surface area contributed by atoms with Gasteiger partial charge in [-0.05, 0) is 66.8 Å². The Morgan fingerprint density at radius 2 is 1.81 bits per heavy atom. The molecule has 1 amide bonds. The normalized spacial score (nSPS) is 10.9. The molecule has 0 saturated heterocycles. The fourth-order valence-electron chi connectivity index (χ4n) is 3.57. The van der Waals surface area contributed by atoms with Crippen LogP contribution in [0.25, 0.3) is 6.08 Å². The first-order valence-electron chi connectivity index (χ1n) is 11.8. The summed E-state index contributed by atoms with van der Waals surface area (Å²) in [5.74, 6) is -0.871. The molecule has 0 aliphatic rings. The lowest BCUT2D eigenvalue weighted by Crippen LogP contribution is -2.25. The van der Waals surface area contributed by atoms with Crippen molar-refractivity contribution in [2.45, 2.75) is 26.4 Å². The van der Waals surface area contributed by atoms with E-state index < -0.39 is 11.9 Å². The third kappa shape index (κ3) is 8.13. The molecule has 3 aromatic carbocycles. The molecule has 190 valence electrons. The first kappa shape index (κ1) is 27.3. The number of ether oxygens (including phenoxy) is 2. The van der Waals surface area contributed by atoms with Crippen LogP contribution in [0.4, 0.5) is 0 Å². The number of carbonyl (C=O) groups is 2. The average Bonchev–Trinajstić information content (AvgIpc) is 2.90. The Labute approximate surface area is 220 Å². The number of aromatic carboxylic acids is 1. The average molecular weight is 519 g/mol. The lowest BCUT2D eigenvalue weighted by molar-refractivity contribution is -0.117. The summed E-state index contributed by atoms with van der Waals surface area (Å²) in [6, 6.07) is 21.5. The quantitative estimate of drug-likeness (QED) is 0.181. The smallest absolute Gasteiger partial charge is 0.335 e. The fourth-order valence-corrected chi connectivity index (χ4v) is 3.85. The zero-order valence-corrected chi connectivity index (χ0v) is 21.1. The first-order valence-corrected chi connectivity index (χ1v) is 12.1. The van der Waals surface area contributed by atoms with E-state index >= 15 is 0 Å². The Kier molecular flexibility index (Phi) is 10.1. The lowest BCUT2D eigenvalue weighted by atomic mass is 10.1. The molecule has 0 bridgehead atoms. The van der Waals surface area contributed by atoms with E-state index in [2.05, 4.69) is 5.32 Å². The van der Waals surface area contributed by atoms with E-state index in [1.165, 1.54) is 23.8 Å². The van der Waals surface area contributed by atoms with E-state index in [4.69, 9.17) is 21.1 Å². The van der Waals surface area contributed by atoms with Crippen LogP contribution in [0.5, 0.6) is 11.5 Å². The Hall–Kier alpha value is -4.28. The molecule has 0 fully saturated rings. The molecule has 3 aromatic rings. The molecule has 7 nitrogen and oxygen atoms in total. The van der Waals surface area contributed by atoms with Gasteiger partial charge in [-0.1, -0.05) is 54.1 Å². The van der Waals surface area contributed by atoms with Crippen molar-refractivity contribution < 1.29 is 24.2 Å². The van der Waals surface area contributed by atoms with Crippen molar-refractivity contribution in [3.8, 4) is 17.6 Å². The van der Waals surface area contributed by atoms with Gasteiger partial charge in [0.15, 0.2) is 11.5 Å². The van der Waals surface area contributed by atoms with Crippen molar-refractivity contribution >= 4 is 29.6 Å². The molecule has 37 heavy (non-hydrogen) atoms. The Morgan fingerprint density at radius 3 is 2.51 bits per heavy atom. The van der Waals surface area contributed by atoms with Crippen LogP contribution in [0.1, 0.15) is 40.4 Å². The van der Waals surface area contributed by atoms with Crippen molar-refractivity contribution in [2.24, 2.45) is 0 Å². The molecule has 8 heteroatoms. The fraction of sp³-hybridized carbons (Fsp3) is 0.207. The minimum atomic E-state index is -1.03. The summed E-state index contributed by atoms with van der Waals surface area (Å²) in [5.41, 5.74) is 2.43. The molecule has 0 saturated carbocycles. The number of amides is 1. The molecule has 0 unspecified atom stereocenters. The minimum absolute atomic E-state index is 0.0580. The highest BCUT2D eigenvalue weighted by Crippen LogP contribution is 2.38. The number of hydrogen-bond donors (Lipinski definition) is 2. The van der Waals surface area contributed by atoms with Gasteiger partial charge in [0.1, 0.15) is 18.2 Å². The SMILES string of the molecule is CCOc1cc(/C=C(/C#N)C(=O)NCCCc2ccccc2)cc(Cl)c1OCc1cccc(C(=O)O)c1. The number of carboxylic acids is 1. The molecule has 2 N–H and O–H groups in total. The van der Waals surface area contributed by atoms with E-state index in [1.54, 1.807) is 31.2 Å². The van der Waals surface area contributed by atoms with Gasteiger partial charge >= 0.3 is 5.97 Å². The summed E-state index contributed by atoms with van der Waals surface area (Å²) in [7, 11) is 0. The van der Waals surface area contributed by atoms with Crippen LogP contribution in [0.15, 0.2) is 72.3 Å². The molecule has 0 heterocycles.